The Labute approximate surface area is 160 Å². The molecule has 0 aliphatic carbocycles. The van der Waals surface area contributed by atoms with Crippen LogP contribution in [-0.4, -0.2) is 37.1 Å². The number of carbonyl (C=O) groups is 1. The number of benzene rings is 1. The van der Waals surface area contributed by atoms with Gasteiger partial charge in [-0.05, 0) is 18.9 Å². The third kappa shape index (κ3) is 3.49. The minimum atomic E-state index is -0.965. The molecule has 3 aromatic rings. The Hall–Kier alpha value is -3.16. The van der Waals surface area contributed by atoms with E-state index >= 15 is 0 Å². The molecule has 1 aliphatic rings. The lowest BCUT2D eigenvalue weighted by Crippen LogP contribution is -2.41. The highest BCUT2D eigenvalue weighted by molar-refractivity contribution is 5.92. The molecule has 1 aliphatic heterocycles. The van der Waals surface area contributed by atoms with Gasteiger partial charge in [-0.3, -0.25) is 4.79 Å². The van der Waals surface area contributed by atoms with Crippen molar-refractivity contribution in [3.63, 3.8) is 0 Å². The average Bonchev–Trinajstić information content (AvgIpc) is 3.10. The number of pyridine rings is 1. The molecule has 3 heterocycles. The van der Waals surface area contributed by atoms with Crippen LogP contribution in [0.15, 0.2) is 42.6 Å². The maximum absolute atomic E-state index is 13.9. The van der Waals surface area contributed by atoms with Crippen molar-refractivity contribution < 1.29 is 13.6 Å². The molecule has 0 unspecified atom stereocenters. The van der Waals surface area contributed by atoms with Crippen LogP contribution in [-0.2, 0) is 19.4 Å². The van der Waals surface area contributed by atoms with E-state index in [1.165, 1.54) is 10.5 Å². The minimum Gasteiger partial charge on any atom is -0.328 e. The second kappa shape index (κ2) is 7.46. The van der Waals surface area contributed by atoms with Crippen LogP contribution >= 0.6 is 0 Å². The van der Waals surface area contributed by atoms with Gasteiger partial charge in [0.05, 0.1) is 18.8 Å². The zero-order valence-electron chi connectivity index (χ0n) is 15.3. The Morgan fingerprint density at radius 1 is 1.18 bits per heavy atom. The Morgan fingerprint density at radius 3 is 2.71 bits per heavy atom. The van der Waals surface area contributed by atoms with E-state index in [1.54, 1.807) is 0 Å². The van der Waals surface area contributed by atoms with Crippen molar-refractivity contribution in [3.05, 3.63) is 77.1 Å². The number of hydrogen-bond acceptors (Lipinski definition) is 4. The van der Waals surface area contributed by atoms with E-state index in [9.17, 15) is 13.6 Å². The maximum Gasteiger partial charge on any atom is 0.275 e. The first-order chi connectivity index (χ1) is 13.5. The van der Waals surface area contributed by atoms with E-state index in [4.69, 9.17) is 0 Å². The molecule has 144 valence electrons. The average molecular weight is 383 g/mol. The predicted molar refractivity (Wildman–Crippen MR) is 97.5 cm³/mol. The number of amides is 1. The molecule has 8 heteroatoms. The highest BCUT2D eigenvalue weighted by Gasteiger charge is 2.31. The predicted octanol–water partition coefficient (Wildman–Crippen LogP) is 2.95. The number of aromatic nitrogens is 4. The fourth-order valence-corrected chi connectivity index (χ4v) is 3.56. The summed E-state index contributed by atoms with van der Waals surface area (Å²) >= 11 is 0. The van der Waals surface area contributed by atoms with Gasteiger partial charge in [0.25, 0.3) is 5.91 Å². The Bertz CT molecular complexity index is 1010. The van der Waals surface area contributed by atoms with Crippen molar-refractivity contribution in [2.45, 2.75) is 32.4 Å². The van der Waals surface area contributed by atoms with Crippen LogP contribution < -0.4 is 0 Å². The molecule has 0 N–H and O–H groups in total. The minimum absolute atomic E-state index is 0.0583. The number of rotatable bonds is 4. The van der Waals surface area contributed by atoms with Crippen LogP contribution in [0.4, 0.5) is 8.78 Å². The van der Waals surface area contributed by atoms with Gasteiger partial charge in [-0.25, -0.2) is 13.8 Å². The van der Waals surface area contributed by atoms with Crippen LogP contribution in [0.3, 0.4) is 0 Å². The molecule has 0 fully saturated rings. The summed E-state index contributed by atoms with van der Waals surface area (Å²) in [6.45, 7) is 2.55. The summed E-state index contributed by atoms with van der Waals surface area (Å²) in [5.74, 6) is -0.844. The number of halogens is 2. The van der Waals surface area contributed by atoms with Crippen LogP contribution in [0.1, 0.15) is 40.7 Å². The number of aryl methyl sites for hydroxylation is 2. The van der Waals surface area contributed by atoms with E-state index in [2.05, 4.69) is 27.3 Å². The summed E-state index contributed by atoms with van der Waals surface area (Å²) in [6, 6.07) is 10.7. The Kier molecular flexibility index (Phi) is 4.85. The molecule has 6 nitrogen and oxygen atoms in total. The van der Waals surface area contributed by atoms with Crippen molar-refractivity contribution in [3.8, 4) is 0 Å². The van der Waals surface area contributed by atoms with Crippen molar-refractivity contribution in [1.82, 2.24) is 24.6 Å². The van der Waals surface area contributed by atoms with Gasteiger partial charge in [-0.2, -0.15) is 0 Å². The van der Waals surface area contributed by atoms with Crippen LogP contribution in [0.5, 0.6) is 0 Å². The van der Waals surface area contributed by atoms with Crippen LogP contribution in [0.2, 0.25) is 0 Å². The summed E-state index contributed by atoms with van der Waals surface area (Å²) < 4.78 is 29.0. The van der Waals surface area contributed by atoms with Crippen molar-refractivity contribution >= 4 is 5.91 Å². The number of hydrogen-bond donors (Lipinski definition) is 0. The molecule has 1 aromatic carbocycles. The van der Waals surface area contributed by atoms with Crippen molar-refractivity contribution in [2.75, 3.05) is 6.54 Å². The lowest BCUT2D eigenvalue weighted by Gasteiger charge is -2.32. The Balaban J connectivity index is 1.51. The van der Waals surface area contributed by atoms with Gasteiger partial charge in [0.1, 0.15) is 11.6 Å². The van der Waals surface area contributed by atoms with Crippen LogP contribution in [0, 0.1) is 11.6 Å². The van der Waals surface area contributed by atoms with Gasteiger partial charge in [-0.15, -0.1) is 10.2 Å². The first kappa shape index (κ1) is 18.2. The summed E-state index contributed by atoms with van der Waals surface area (Å²) in [6.07, 6.45) is 2.43. The molecule has 1 atom stereocenters. The molecule has 28 heavy (non-hydrogen) atoms. The first-order valence-corrected chi connectivity index (χ1v) is 9.10. The fraction of sp³-hybridized carbons (Fsp3) is 0.300. The zero-order chi connectivity index (χ0) is 19.7. The molecule has 2 aromatic heterocycles. The Morgan fingerprint density at radius 2 is 1.96 bits per heavy atom. The molecular weight excluding hydrogens is 364 g/mol. The van der Waals surface area contributed by atoms with Gasteiger partial charge in [0.15, 0.2) is 17.3 Å². The maximum atomic E-state index is 13.9. The van der Waals surface area contributed by atoms with E-state index in [1.807, 2.05) is 29.7 Å². The summed E-state index contributed by atoms with van der Waals surface area (Å²) in [5, 5.41) is 8.52. The summed E-state index contributed by atoms with van der Waals surface area (Å²) in [7, 11) is 0. The van der Waals surface area contributed by atoms with Gasteiger partial charge >= 0.3 is 0 Å². The van der Waals surface area contributed by atoms with E-state index < -0.39 is 17.5 Å². The second-order valence-corrected chi connectivity index (χ2v) is 6.91. The second-order valence-electron chi connectivity index (χ2n) is 6.91. The van der Waals surface area contributed by atoms with Crippen molar-refractivity contribution in [1.29, 1.82) is 0 Å². The molecule has 0 bridgehead atoms. The summed E-state index contributed by atoms with van der Waals surface area (Å²) in [4.78, 5) is 17.7. The highest BCUT2D eigenvalue weighted by Crippen LogP contribution is 2.24. The quantitative estimate of drug-likeness (QED) is 0.695. The smallest absolute Gasteiger partial charge is 0.275 e. The standard InChI is InChI=1S/C20H19F2N5O/c1-13-11-26(20(28)19-16(22)9-15(21)10-23-19)12-18-25-24-17(27(13)18)8-7-14-5-3-2-4-6-14/h2-6,9-10,13H,7-8,11-12H2,1H3/t13-/m0/s1. The van der Waals surface area contributed by atoms with E-state index in [0.717, 1.165) is 24.9 Å². The third-order valence-corrected chi connectivity index (χ3v) is 4.87. The molecule has 0 saturated heterocycles. The molecule has 0 radical (unpaired) electrons. The molecular formula is C20H19F2N5O. The van der Waals surface area contributed by atoms with Crippen LogP contribution in [0.25, 0.3) is 0 Å². The largest absolute Gasteiger partial charge is 0.328 e. The number of nitrogens with zero attached hydrogens (tertiary/aromatic N) is 5. The lowest BCUT2D eigenvalue weighted by molar-refractivity contribution is 0.0668. The molecule has 0 saturated carbocycles. The van der Waals surface area contributed by atoms with Gasteiger partial charge in [0, 0.05) is 19.0 Å². The lowest BCUT2D eigenvalue weighted by atomic mass is 10.1. The number of fused-ring (bicyclic) bond motifs is 1. The van der Waals surface area contributed by atoms with E-state index in [0.29, 0.717) is 18.4 Å². The monoisotopic (exact) mass is 383 g/mol. The SMILES string of the molecule is C[C@H]1CN(C(=O)c2ncc(F)cc2F)Cc2nnc(CCc3ccccc3)n21. The van der Waals surface area contributed by atoms with Crippen molar-refractivity contribution in [2.24, 2.45) is 0 Å². The van der Waals surface area contributed by atoms with Gasteiger partial charge < -0.3 is 9.47 Å². The normalized spacial score (nSPS) is 16.1. The zero-order valence-corrected chi connectivity index (χ0v) is 15.3. The third-order valence-electron chi connectivity index (χ3n) is 4.87. The topological polar surface area (TPSA) is 63.9 Å². The van der Waals surface area contributed by atoms with Gasteiger partial charge in [0.2, 0.25) is 0 Å². The highest BCUT2D eigenvalue weighted by atomic mass is 19.1. The molecule has 0 spiro atoms. The molecule has 4 rings (SSSR count). The van der Waals surface area contributed by atoms with Gasteiger partial charge in [-0.1, -0.05) is 30.3 Å². The summed E-state index contributed by atoms with van der Waals surface area (Å²) in [5.41, 5.74) is 0.837. The molecule has 1 amide bonds. The number of carbonyl (C=O) groups excluding carboxylic acids is 1. The fourth-order valence-electron chi connectivity index (χ4n) is 3.56. The first-order valence-electron chi connectivity index (χ1n) is 9.10. The van der Waals surface area contributed by atoms with E-state index in [-0.39, 0.29) is 18.3 Å².